The second-order valence-corrected chi connectivity index (χ2v) is 26.6. The van der Waals surface area contributed by atoms with Crippen LogP contribution in [0.15, 0.2) is 0 Å². The maximum absolute atomic E-state index is 13.2. The summed E-state index contributed by atoms with van der Waals surface area (Å²) in [6.45, 7) is 3.54. The second kappa shape index (κ2) is 59.1. The molecule has 6 N–H and O–H groups in total. The van der Waals surface area contributed by atoms with Crippen molar-refractivity contribution < 1.29 is 51.8 Å². The van der Waals surface area contributed by atoms with Gasteiger partial charge in [0.2, 0.25) is 5.91 Å². The first-order valence-electron chi connectivity index (χ1n) is 35.9. The van der Waals surface area contributed by atoms with Gasteiger partial charge in [-0.05, 0) is 12.8 Å². The van der Waals surface area contributed by atoms with Crippen LogP contribution in [0.2, 0.25) is 0 Å². The molecular weight excluding hydrogens is 1050 g/mol. The first kappa shape index (κ1) is 79.1. The molecule has 1 saturated heterocycles. The standard InChI is InChI=1S/C69H137NO11S/c1-3-5-7-9-11-13-15-17-19-21-23-25-27-28-29-30-31-32-33-34-35-37-39-41-43-45-47-49-51-53-55-57-59-65(73)70-62(61-79-69-67(75)68(81-82(76,77)78)66(74)64(60-71)80-69)63(72)58-56-54-52-50-48-46-44-42-40-38-36-26-24-22-20-18-16-14-12-10-8-6-4-2/h62-64,66-69,71-72,74-75H,3-61H2,1-2H3,(H,70,73)(H,76,77,78). The zero-order chi connectivity index (χ0) is 59.7. The summed E-state index contributed by atoms with van der Waals surface area (Å²) < 4.78 is 48.1. The van der Waals surface area contributed by atoms with E-state index in [1.165, 1.54) is 302 Å². The highest BCUT2D eigenvalue weighted by molar-refractivity contribution is 7.80. The summed E-state index contributed by atoms with van der Waals surface area (Å²) >= 11 is 0. The van der Waals surface area contributed by atoms with Crippen LogP contribution in [0.4, 0.5) is 0 Å². The fraction of sp³-hybridized carbons (Fsp3) is 0.986. The van der Waals surface area contributed by atoms with Gasteiger partial charge < -0.3 is 35.2 Å². The molecular formula is C69H137NO11S. The molecule has 1 heterocycles. The van der Waals surface area contributed by atoms with E-state index in [1.54, 1.807) is 0 Å². The van der Waals surface area contributed by atoms with Crippen molar-refractivity contribution in [1.82, 2.24) is 5.32 Å². The SMILES string of the molecule is CCCCCCCCCCCCCCCCCCCCCCCCCCCCCCCCCCC(=O)NC(COC1OC(CO)C(O)C(OS(=O)(=O)O)C1O)C(O)CCCCCCCCCCCCCCCCCCCCCCCCC. The Labute approximate surface area is 507 Å². The van der Waals surface area contributed by atoms with Gasteiger partial charge in [-0.15, -0.1) is 0 Å². The quantitative estimate of drug-likeness (QED) is 0.0251. The van der Waals surface area contributed by atoms with Crippen LogP contribution in [0.25, 0.3) is 0 Å². The van der Waals surface area contributed by atoms with E-state index >= 15 is 0 Å². The van der Waals surface area contributed by atoms with Crippen molar-refractivity contribution in [2.45, 2.75) is 423 Å². The third-order valence-electron chi connectivity index (χ3n) is 17.7. The Hall–Kier alpha value is -0.900. The van der Waals surface area contributed by atoms with Crippen LogP contribution in [0.1, 0.15) is 380 Å². The number of aliphatic hydroxyl groups excluding tert-OH is 4. The Bertz CT molecular complexity index is 1440. The number of carbonyl (C=O) groups is 1. The summed E-state index contributed by atoms with van der Waals surface area (Å²) in [5, 5.41) is 45.4. The van der Waals surface area contributed by atoms with E-state index in [1.807, 2.05) is 0 Å². The predicted molar refractivity (Wildman–Crippen MR) is 343 cm³/mol. The molecule has 0 bridgehead atoms. The molecule has 0 aromatic rings. The summed E-state index contributed by atoms with van der Waals surface area (Å²) in [5.41, 5.74) is 0. The number of unbranched alkanes of at least 4 members (excludes halogenated alkanes) is 53. The van der Waals surface area contributed by atoms with Crippen LogP contribution in [-0.2, 0) is 28.9 Å². The Balaban J connectivity index is 2.20. The molecule has 0 radical (unpaired) electrons. The van der Waals surface area contributed by atoms with Crippen molar-refractivity contribution in [2.75, 3.05) is 13.2 Å². The molecule has 7 unspecified atom stereocenters. The van der Waals surface area contributed by atoms with Crippen LogP contribution in [0.3, 0.4) is 0 Å². The van der Waals surface area contributed by atoms with Crippen molar-refractivity contribution in [3.8, 4) is 0 Å². The lowest BCUT2D eigenvalue weighted by atomic mass is 9.99. The number of hydrogen-bond acceptors (Lipinski definition) is 10. The van der Waals surface area contributed by atoms with E-state index in [2.05, 4.69) is 23.3 Å². The third-order valence-corrected chi connectivity index (χ3v) is 18.1. The molecule has 1 fully saturated rings. The number of amides is 1. The fourth-order valence-corrected chi connectivity index (χ4v) is 12.7. The lowest BCUT2D eigenvalue weighted by Gasteiger charge is -2.41. The Morgan fingerprint density at radius 1 is 0.439 bits per heavy atom. The maximum atomic E-state index is 13.2. The number of nitrogens with one attached hydrogen (secondary N) is 1. The Kier molecular flexibility index (Phi) is 57.0. The van der Waals surface area contributed by atoms with Gasteiger partial charge in [-0.3, -0.25) is 9.35 Å². The smallest absolute Gasteiger partial charge is 0.394 e. The average molecular weight is 1190 g/mol. The Morgan fingerprint density at radius 2 is 0.707 bits per heavy atom. The molecule has 0 aliphatic carbocycles. The van der Waals surface area contributed by atoms with Crippen molar-refractivity contribution in [2.24, 2.45) is 0 Å². The monoisotopic (exact) mass is 1190 g/mol. The molecule has 0 saturated carbocycles. The minimum atomic E-state index is -5.08. The number of carbonyl (C=O) groups excluding carboxylic acids is 1. The van der Waals surface area contributed by atoms with Gasteiger partial charge in [0, 0.05) is 6.42 Å². The highest BCUT2D eigenvalue weighted by Gasteiger charge is 2.48. The maximum Gasteiger partial charge on any atom is 0.397 e. The van der Waals surface area contributed by atoms with Gasteiger partial charge in [0.1, 0.15) is 24.4 Å². The van der Waals surface area contributed by atoms with Gasteiger partial charge in [-0.2, -0.15) is 8.42 Å². The summed E-state index contributed by atoms with van der Waals surface area (Å²) in [6, 6.07) is -0.855. The lowest BCUT2D eigenvalue weighted by Crippen LogP contribution is -2.61. The van der Waals surface area contributed by atoms with E-state index in [0.717, 1.165) is 51.4 Å². The molecule has 1 amide bonds. The van der Waals surface area contributed by atoms with E-state index in [0.29, 0.717) is 12.8 Å². The summed E-state index contributed by atoms with van der Waals surface area (Å²) in [7, 11) is -5.08. The molecule has 1 aliphatic rings. The van der Waals surface area contributed by atoms with Gasteiger partial charge in [0.15, 0.2) is 6.29 Å². The highest BCUT2D eigenvalue weighted by atomic mass is 32.3. The van der Waals surface area contributed by atoms with E-state index in [4.69, 9.17) is 9.47 Å². The minimum Gasteiger partial charge on any atom is -0.394 e. The van der Waals surface area contributed by atoms with Crippen LogP contribution in [-0.4, -0.2) is 95.4 Å². The number of aliphatic hydroxyl groups is 4. The van der Waals surface area contributed by atoms with Crippen LogP contribution < -0.4 is 5.32 Å². The first-order chi connectivity index (χ1) is 40.0. The molecule has 0 spiro atoms. The zero-order valence-corrected chi connectivity index (χ0v) is 54.7. The summed E-state index contributed by atoms with van der Waals surface area (Å²) in [5.74, 6) is -0.219. The summed E-state index contributed by atoms with van der Waals surface area (Å²) in [4.78, 5) is 13.2. The molecule has 13 heteroatoms. The summed E-state index contributed by atoms with van der Waals surface area (Å²) in [6.07, 6.45) is 64.3. The predicted octanol–water partition coefficient (Wildman–Crippen LogP) is 18.8. The van der Waals surface area contributed by atoms with Crippen molar-refractivity contribution in [1.29, 1.82) is 0 Å². The van der Waals surface area contributed by atoms with Crippen molar-refractivity contribution in [3.63, 3.8) is 0 Å². The van der Waals surface area contributed by atoms with Crippen LogP contribution >= 0.6 is 0 Å². The molecule has 0 aromatic carbocycles. The molecule has 12 nitrogen and oxygen atoms in total. The van der Waals surface area contributed by atoms with Gasteiger partial charge in [-0.1, -0.05) is 361 Å². The first-order valence-corrected chi connectivity index (χ1v) is 37.3. The van der Waals surface area contributed by atoms with Crippen molar-refractivity contribution >= 4 is 16.3 Å². The molecule has 1 rings (SSSR count). The number of ether oxygens (including phenoxy) is 2. The van der Waals surface area contributed by atoms with Crippen molar-refractivity contribution in [3.05, 3.63) is 0 Å². The van der Waals surface area contributed by atoms with E-state index < -0.39 is 59.9 Å². The van der Waals surface area contributed by atoms with Gasteiger partial charge in [-0.25, -0.2) is 4.18 Å². The largest absolute Gasteiger partial charge is 0.397 e. The van der Waals surface area contributed by atoms with Gasteiger partial charge in [0.25, 0.3) is 0 Å². The molecule has 7 atom stereocenters. The fourth-order valence-electron chi connectivity index (χ4n) is 12.2. The van der Waals surface area contributed by atoms with E-state index in [9.17, 15) is 38.2 Å². The van der Waals surface area contributed by atoms with E-state index in [-0.39, 0.29) is 12.5 Å². The molecule has 82 heavy (non-hydrogen) atoms. The molecule has 1 aliphatic heterocycles. The number of hydrogen-bond donors (Lipinski definition) is 6. The normalized spacial score (nSPS) is 18.4. The second-order valence-electron chi connectivity index (χ2n) is 25.5. The highest BCUT2D eigenvalue weighted by Crippen LogP contribution is 2.27. The van der Waals surface area contributed by atoms with Crippen LogP contribution in [0.5, 0.6) is 0 Å². The zero-order valence-electron chi connectivity index (χ0n) is 53.9. The number of rotatable bonds is 65. The minimum absolute atomic E-state index is 0.219. The average Bonchev–Trinajstić information content (AvgIpc) is 3.65. The topological polar surface area (TPSA) is 192 Å². The molecule has 490 valence electrons. The Morgan fingerprint density at radius 3 is 0.976 bits per heavy atom. The molecule has 0 aromatic heterocycles. The van der Waals surface area contributed by atoms with Crippen LogP contribution in [0, 0.1) is 0 Å². The van der Waals surface area contributed by atoms with Gasteiger partial charge in [0.05, 0.1) is 25.4 Å². The third kappa shape index (κ3) is 50.1. The van der Waals surface area contributed by atoms with Gasteiger partial charge >= 0.3 is 10.4 Å². The lowest BCUT2D eigenvalue weighted by molar-refractivity contribution is -0.298.